The minimum atomic E-state index is -0.243. The number of carbonyl (C=O) groups is 2. The van der Waals surface area contributed by atoms with Gasteiger partial charge in [-0.15, -0.1) is 0 Å². The van der Waals surface area contributed by atoms with Crippen LogP contribution in [0, 0.1) is 0 Å². The number of benzene rings is 1. The first-order valence-corrected chi connectivity index (χ1v) is 9.29. The van der Waals surface area contributed by atoms with Crippen molar-refractivity contribution < 1.29 is 14.3 Å². The van der Waals surface area contributed by atoms with Crippen molar-refractivity contribution in [3.05, 3.63) is 42.1 Å². The van der Waals surface area contributed by atoms with Crippen molar-refractivity contribution in [1.29, 1.82) is 0 Å². The predicted molar refractivity (Wildman–Crippen MR) is 103 cm³/mol. The second-order valence-corrected chi connectivity index (χ2v) is 7.07. The van der Waals surface area contributed by atoms with Gasteiger partial charge in [0.1, 0.15) is 5.75 Å². The summed E-state index contributed by atoms with van der Waals surface area (Å²) in [5, 5.41) is 6.85. The Kier molecular flexibility index (Phi) is 5.78. The molecule has 27 heavy (non-hydrogen) atoms. The molecule has 0 saturated carbocycles. The molecule has 1 fully saturated rings. The molecule has 1 aliphatic heterocycles. The molecule has 0 spiro atoms. The van der Waals surface area contributed by atoms with Crippen molar-refractivity contribution in [3.8, 4) is 5.75 Å². The fraction of sp³-hybridized carbons (Fsp3) is 0.450. The third kappa shape index (κ3) is 4.67. The zero-order valence-electron chi connectivity index (χ0n) is 16.0. The summed E-state index contributed by atoms with van der Waals surface area (Å²) in [6.07, 6.45) is 4.99. The van der Waals surface area contributed by atoms with Gasteiger partial charge in [-0.1, -0.05) is 0 Å². The maximum Gasteiger partial charge on any atom is 0.260 e. The molecule has 7 heteroatoms. The number of hydrogen-bond donors (Lipinski definition) is 1. The van der Waals surface area contributed by atoms with Crippen LogP contribution in [-0.2, 0) is 11.8 Å². The van der Waals surface area contributed by atoms with Crippen molar-refractivity contribution in [2.45, 2.75) is 45.2 Å². The second-order valence-electron chi connectivity index (χ2n) is 7.07. The molecule has 7 nitrogen and oxygen atoms in total. The van der Waals surface area contributed by atoms with Crippen LogP contribution in [0.1, 0.15) is 43.5 Å². The molecule has 2 amide bonds. The molecule has 1 aromatic heterocycles. The largest absolute Gasteiger partial charge is 0.484 e. The van der Waals surface area contributed by atoms with Crippen molar-refractivity contribution in [1.82, 2.24) is 14.7 Å². The molecule has 1 aromatic carbocycles. The van der Waals surface area contributed by atoms with Gasteiger partial charge in [0, 0.05) is 37.0 Å². The quantitative estimate of drug-likeness (QED) is 0.878. The third-order valence-corrected chi connectivity index (χ3v) is 4.92. The number of amides is 2. The Morgan fingerprint density at radius 3 is 2.41 bits per heavy atom. The first-order chi connectivity index (χ1) is 12.9. The highest BCUT2D eigenvalue weighted by molar-refractivity contribution is 6.03. The lowest BCUT2D eigenvalue weighted by molar-refractivity contribution is -0.139. The van der Waals surface area contributed by atoms with Crippen LogP contribution >= 0.6 is 0 Å². The van der Waals surface area contributed by atoms with Gasteiger partial charge >= 0.3 is 0 Å². The number of ether oxygens (including phenoxy) is 1. The topological polar surface area (TPSA) is 76.5 Å². The molecular formula is C20H26N4O3. The van der Waals surface area contributed by atoms with Crippen molar-refractivity contribution >= 4 is 17.6 Å². The van der Waals surface area contributed by atoms with Crippen LogP contribution in [-0.4, -0.2) is 45.2 Å². The number of aromatic nitrogens is 2. The maximum absolute atomic E-state index is 12.5. The van der Waals surface area contributed by atoms with Gasteiger partial charge in [-0.3, -0.25) is 14.3 Å². The Bertz CT molecular complexity index is 790. The summed E-state index contributed by atoms with van der Waals surface area (Å²) in [5.74, 6) is 0.826. The summed E-state index contributed by atoms with van der Waals surface area (Å²) in [6, 6.07) is 8.97. The first kappa shape index (κ1) is 18.9. The van der Waals surface area contributed by atoms with E-state index in [2.05, 4.69) is 24.3 Å². The number of carbonyl (C=O) groups excluding carboxylic acids is 2. The molecule has 1 aliphatic rings. The number of hydrogen-bond acceptors (Lipinski definition) is 4. The fourth-order valence-corrected chi connectivity index (χ4v) is 3.51. The van der Waals surface area contributed by atoms with Crippen molar-refractivity contribution in [3.63, 3.8) is 0 Å². The molecule has 144 valence electrons. The number of likely N-dealkylation sites (tertiary alicyclic amines) is 1. The van der Waals surface area contributed by atoms with Crippen molar-refractivity contribution in [2.24, 2.45) is 7.05 Å². The zero-order chi connectivity index (χ0) is 19.4. The van der Waals surface area contributed by atoms with E-state index in [0.717, 1.165) is 19.3 Å². The molecule has 0 unspecified atom stereocenters. The van der Waals surface area contributed by atoms with E-state index in [4.69, 9.17) is 4.74 Å². The summed E-state index contributed by atoms with van der Waals surface area (Å²) in [5.41, 5.74) is 0.498. The van der Waals surface area contributed by atoms with E-state index >= 15 is 0 Å². The van der Waals surface area contributed by atoms with Gasteiger partial charge in [0.2, 0.25) is 0 Å². The van der Waals surface area contributed by atoms with Crippen LogP contribution in [0.5, 0.6) is 5.75 Å². The highest BCUT2D eigenvalue weighted by atomic mass is 16.5. The third-order valence-electron chi connectivity index (χ3n) is 4.92. The van der Waals surface area contributed by atoms with Crippen molar-refractivity contribution in [2.75, 3.05) is 11.9 Å². The zero-order valence-corrected chi connectivity index (χ0v) is 16.0. The number of rotatable bonds is 5. The summed E-state index contributed by atoms with van der Waals surface area (Å²) in [7, 11) is 1.79. The van der Waals surface area contributed by atoms with Gasteiger partial charge in [0.15, 0.2) is 12.4 Å². The van der Waals surface area contributed by atoms with Gasteiger partial charge in [-0.25, -0.2) is 0 Å². The molecule has 2 heterocycles. The molecule has 1 N–H and O–H groups in total. The number of nitrogens with zero attached hydrogens (tertiary/aromatic N) is 3. The van der Waals surface area contributed by atoms with Crippen LogP contribution in [0.25, 0.3) is 0 Å². The van der Waals surface area contributed by atoms with Gasteiger partial charge in [0.05, 0.1) is 0 Å². The lowest BCUT2D eigenvalue weighted by Crippen LogP contribution is -2.49. The Morgan fingerprint density at radius 2 is 1.81 bits per heavy atom. The summed E-state index contributed by atoms with van der Waals surface area (Å²) < 4.78 is 7.25. The SMILES string of the molecule is C[C@@H]1CCC[C@@H](C)N1C(=O)COc1ccc(C(=O)Nc2ccn(C)n2)cc1. The Balaban J connectivity index is 1.54. The second kappa shape index (κ2) is 8.24. The van der Waals surface area contributed by atoms with E-state index in [1.807, 2.05) is 4.90 Å². The fourth-order valence-electron chi connectivity index (χ4n) is 3.51. The van der Waals surface area contributed by atoms with Crippen LogP contribution in [0.15, 0.2) is 36.5 Å². The average molecular weight is 370 g/mol. The molecule has 0 aliphatic carbocycles. The Labute approximate surface area is 159 Å². The average Bonchev–Trinajstić information content (AvgIpc) is 3.05. The van der Waals surface area contributed by atoms with Gasteiger partial charge < -0.3 is 15.0 Å². The van der Waals surface area contributed by atoms with E-state index in [-0.39, 0.29) is 30.5 Å². The summed E-state index contributed by atoms with van der Waals surface area (Å²) in [4.78, 5) is 26.6. The lowest BCUT2D eigenvalue weighted by atomic mass is 9.97. The lowest BCUT2D eigenvalue weighted by Gasteiger charge is -2.38. The number of aryl methyl sites for hydroxylation is 1. The predicted octanol–water partition coefficient (Wildman–Crippen LogP) is 2.84. The smallest absolute Gasteiger partial charge is 0.260 e. The van der Waals surface area contributed by atoms with Gasteiger partial charge in [-0.05, 0) is 57.4 Å². The number of nitrogens with one attached hydrogen (secondary N) is 1. The molecule has 0 bridgehead atoms. The molecule has 0 radical (unpaired) electrons. The molecule has 3 rings (SSSR count). The molecule has 1 saturated heterocycles. The van der Waals surface area contributed by atoms with E-state index in [1.54, 1.807) is 48.3 Å². The van der Waals surface area contributed by atoms with Crippen LogP contribution in [0.2, 0.25) is 0 Å². The van der Waals surface area contributed by atoms with Gasteiger partial charge in [-0.2, -0.15) is 5.10 Å². The summed E-state index contributed by atoms with van der Waals surface area (Å²) in [6.45, 7) is 4.18. The molecule has 2 atom stereocenters. The summed E-state index contributed by atoms with van der Waals surface area (Å²) >= 11 is 0. The monoisotopic (exact) mass is 370 g/mol. The Hall–Kier alpha value is -2.83. The number of piperidine rings is 1. The normalized spacial score (nSPS) is 19.6. The van der Waals surface area contributed by atoms with Crippen LogP contribution in [0.4, 0.5) is 5.82 Å². The molecule has 2 aromatic rings. The first-order valence-electron chi connectivity index (χ1n) is 9.29. The molecular weight excluding hydrogens is 344 g/mol. The van der Waals surface area contributed by atoms with E-state index in [9.17, 15) is 9.59 Å². The van der Waals surface area contributed by atoms with Crippen LogP contribution in [0.3, 0.4) is 0 Å². The highest BCUT2D eigenvalue weighted by Crippen LogP contribution is 2.23. The van der Waals surface area contributed by atoms with E-state index in [0.29, 0.717) is 17.1 Å². The number of anilines is 1. The maximum atomic E-state index is 12.5. The van der Waals surface area contributed by atoms with E-state index < -0.39 is 0 Å². The Morgan fingerprint density at radius 1 is 1.15 bits per heavy atom. The standard InChI is InChI=1S/C20H26N4O3/c1-14-5-4-6-15(2)24(14)19(25)13-27-17-9-7-16(8-10-17)20(26)21-18-11-12-23(3)22-18/h7-12,14-15H,4-6,13H2,1-3H3,(H,21,22,26)/t14-,15-/m1/s1. The van der Waals surface area contributed by atoms with Crippen LogP contribution < -0.4 is 10.1 Å². The van der Waals surface area contributed by atoms with E-state index in [1.165, 1.54) is 0 Å². The minimum Gasteiger partial charge on any atom is -0.484 e. The highest BCUT2D eigenvalue weighted by Gasteiger charge is 2.28. The van der Waals surface area contributed by atoms with Gasteiger partial charge in [0.25, 0.3) is 11.8 Å². The minimum absolute atomic E-state index is 0.00618.